The van der Waals surface area contributed by atoms with Crippen LogP contribution in [-0.4, -0.2) is 45.3 Å². The molecule has 1 unspecified atom stereocenters. The van der Waals surface area contributed by atoms with E-state index in [1.807, 2.05) is 0 Å². The minimum atomic E-state index is -3.04. The molecule has 0 saturated carbocycles. The van der Waals surface area contributed by atoms with Gasteiger partial charge in [-0.1, -0.05) is 12.1 Å². The summed E-state index contributed by atoms with van der Waals surface area (Å²) in [6, 6.07) is 5.41. The fourth-order valence-corrected chi connectivity index (χ4v) is 5.71. The number of alkyl halides is 6. The average Bonchev–Trinajstić information content (AvgIpc) is 3.52. The lowest BCUT2D eigenvalue weighted by molar-refractivity contribution is -0.155. The summed E-state index contributed by atoms with van der Waals surface area (Å²) in [5, 5.41) is 6.09. The van der Waals surface area contributed by atoms with Gasteiger partial charge in [0.15, 0.2) is 0 Å². The van der Waals surface area contributed by atoms with Crippen molar-refractivity contribution in [2.24, 2.45) is 0 Å². The molecule has 1 saturated heterocycles. The molecule has 4 heterocycles. The van der Waals surface area contributed by atoms with Gasteiger partial charge in [0.05, 0.1) is 18.2 Å². The molecule has 0 aliphatic carbocycles. The van der Waals surface area contributed by atoms with Crippen molar-refractivity contribution >= 4 is 17.2 Å². The molecular weight excluding hydrogens is 566 g/mol. The highest BCUT2D eigenvalue weighted by molar-refractivity contribution is 7.09. The van der Waals surface area contributed by atoms with Crippen molar-refractivity contribution < 1.29 is 45.3 Å². The van der Waals surface area contributed by atoms with E-state index in [4.69, 9.17) is 9.47 Å². The van der Waals surface area contributed by atoms with Crippen molar-refractivity contribution in [1.29, 1.82) is 0 Å². The van der Waals surface area contributed by atoms with E-state index in [-0.39, 0.29) is 24.9 Å². The summed E-state index contributed by atoms with van der Waals surface area (Å²) < 4.78 is 94.8. The smallest absolute Gasteiger partial charge is 0.387 e. The maximum atomic E-state index is 13.2. The maximum Gasteiger partial charge on any atom is 0.387 e. The predicted octanol–water partition coefficient (Wildman–Crippen LogP) is 5.97. The van der Waals surface area contributed by atoms with E-state index in [1.165, 1.54) is 22.3 Å². The number of benzene rings is 1. The molecule has 8 nitrogen and oxygen atoms in total. The zero-order valence-electron chi connectivity index (χ0n) is 20.8. The fraction of sp³-hybridized carbons (Fsp3) is 0.480. The number of hydrogen-bond acceptors (Lipinski definition) is 7. The van der Waals surface area contributed by atoms with Gasteiger partial charge in [-0.3, -0.25) is 9.48 Å². The van der Waals surface area contributed by atoms with Crippen LogP contribution in [0.1, 0.15) is 71.1 Å². The van der Waals surface area contributed by atoms with Crippen LogP contribution >= 0.6 is 11.3 Å². The first-order chi connectivity index (χ1) is 19.2. The number of nitrogens with zero attached hydrogens (tertiary/aromatic N) is 4. The average molecular weight is 591 g/mol. The summed E-state index contributed by atoms with van der Waals surface area (Å²) in [5.74, 6) is -0.424. The summed E-state index contributed by atoms with van der Waals surface area (Å²) in [5.41, 5.74) is 0.176. The highest BCUT2D eigenvalue weighted by Crippen LogP contribution is 2.36. The number of piperidine rings is 1. The van der Waals surface area contributed by atoms with Crippen LogP contribution in [0, 0.1) is 0 Å². The third kappa shape index (κ3) is 6.25. The molecule has 15 heteroatoms. The van der Waals surface area contributed by atoms with Crippen molar-refractivity contribution in [2.45, 2.75) is 64.3 Å². The number of rotatable bonds is 8. The van der Waals surface area contributed by atoms with Crippen LogP contribution in [0.15, 0.2) is 29.6 Å². The predicted molar refractivity (Wildman–Crippen MR) is 128 cm³/mol. The third-order valence-electron chi connectivity index (χ3n) is 6.76. The van der Waals surface area contributed by atoms with Crippen molar-refractivity contribution in [3.05, 3.63) is 62.9 Å². The topological polar surface area (TPSA) is 78.7 Å². The van der Waals surface area contributed by atoms with E-state index < -0.39 is 49.6 Å². The van der Waals surface area contributed by atoms with Gasteiger partial charge >= 0.3 is 6.61 Å². The van der Waals surface area contributed by atoms with Crippen LogP contribution in [0.5, 0.6) is 5.75 Å². The highest BCUT2D eigenvalue weighted by atomic mass is 32.1. The molecule has 2 aromatic heterocycles. The Kier molecular flexibility index (Phi) is 8.61. The SMILES string of the molecule is O=C(Cn1nc(C(F)F)cc1C(F)F)N1CCC(c2nc(C3OCc4cccc(OC(F)F)c4CO3)cs2)CC1. The number of ether oxygens (including phenoxy) is 3. The largest absolute Gasteiger partial charge is 0.434 e. The van der Waals surface area contributed by atoms with Crippen LogP contribution in [0.2, 0.25) is 0 Å². The van der Waals surface area contributed by atoms with E-state index in [0.29, 0.717) is 53.5 Å². The normalized spacial score (nSPS) is 18.4. The first-order valence-electron chi connectivity index (χ1n) is 12.4. The molecule has 2 aliphatic heterocycles. The van der Waals surface area contributed by atoms with Crippen molar-refractivity contribution in [3.8, 4) is 5.75 Å². The van der Waals surface area contributed by atoms with Crippen molar-refractivity contribution in [1.82, 2.24) is 19.7 Å². The van der Waals surface area contributed by atoms with E-state index in [2.05, 4.69) is 14.8 Å². The van der Waals surface area contributed by atoms with Gasteiger partial charge in [-0.25, -0.2) is 22.5 Å². The van der Waals surface area contributed by atoms with Crippen molar-refractivity contribution in [2.75, 3.05) is 13.1 Å². The molecule has 0 spiro atoms. The Labute approximate surface area is 228 Å². The summed E-state index contributed by atoms with van der Waals surface area (Å²) in [6.07, 6.45) is -5.74. The number of carbonyl (C=O) groups excluding carboxylic acids is 1. The lowest BCUT2D eigenvalue weighted by Crippen LogP contribution is -2.40. The number of halogens is 6. The van der Waals surface area contributed by atoms with Crippen molar-refractivity contribution in [3.63, 3.8) is 0 Å². The van der Waals surface area contributed by atoms with Crippen LogP contribution in [0.3, 0.4) is 0 Å². The molecule has 0 bridgehead atoms. The van der Waals surface area contributed by atoms with Crippen LogP contribution in [0.25, 0.3) is 0 Å². The Balaban J connectivity index is 1.17. The Morgan fingerprint density at radius 2 is 1.82 bits per heavy atom. The van der Waals surface area contributed by atoms with Crippen LogP contribution in [-0.2, 0) is 34.0 Å². The first kappa shape index (κ1) is 28.4. The van der Waals surface area contributed by atoms with Crippen LogP contribution in [0.4, 0.5) is 26.3 Å². The number of aromatic nitrogens is 3. The third-order valence-corrected chi connectivity index (χ3v) is 7.78. The molecule has 216 valence electrons. The second-order valence-corrected chi connectivity index (χ2v) is 10.1. The second-order valence-electron chi connectivity index (χ2n) is 9.25. The van der Waals surface area contributed by atoms with Gasteiger partial charge in [0.1, 0.15) is 29.4 Å². The molecule has 1 atom stereocenters. The summed E-state index contributed by atoms with van der Waals surface area (Å²) in [7, 11) is 0. The zero-order valence-corrected chi connectivity index (χ0v) is 21.6. The molecule has 5 rings (SSSR count). The van der Waals surface area contributed by atoms with Gasteiger partial charge in [-0.05, 0) is 30.5 Å². The molecule has 0 radical (unpaired) electrons. The van der Waals surface area contributed by atoms with Gasteiger partial charge in [0.2, 0.25) is 12.2 Å². The molecule has 3 aromatic rings. The molecule has 1 fully saturated rings. The lowest BCUT2D eigenvalue weighted by atomic mass is 9.97. The highest BCUT2D eigenvalue weighted by Gasteiger charge is 2.30. The van der Waals surface area contributed by atoms with Gasteiger partial charge in [0, 0.05) is 30.0 Å². The quantitative estimate of drug-likeness (QED) is 0.301. The minimum absolute atomic E-state index is 0.00140. The Morgan fingerprint density at radius 3 is 2.52 bits per heavy atom. The minimum Gasteiger partial charge on any atom is -0.434 e. The number of amides is 1. The Morgan fingerprint density at radius 1 is 1.07 bits per heavy atom. The Hall–Kier alpha value is -3.17. The Bertz CT molecular complexity index is 1330. The van der Waals surface area contributed by atoms with Gasteiger partial charge < -0.3 is 19.1 Å². The molecule has 1 aromatic carbocycles. The van der Waals surface area contributed by atoms with Gasteiger partial charge in [0.25, 0.3) is 12.9 Å². The molecule has 2 aliphatic rings. The monoisotopic (exact) mass is 590 g/mol. The first-order valence-corrected chi connectivity index (χ1v) is 13.2. The molecule has 40 heavy (non-hydrogen) atoms. The fourth-order valence-electron chi connectivity index (χ4n) is 4.72. The second kappa shape index (κ2) is 12.1. The number of hydrogen-bond donors (Lipinski definition) is 0. The van der Waals surface area contributed by atoms with Gasteiger partial charge in [-0.2, -0.15) is 13.9 Å². The number of likely N-dealkylation sites (tertiary alicyclic amines) is 1. The summed E-state index contributed by atoms with van der Waals surface area (Å²) in [6.45, 7) is -2.72. The summed E-state index contributed by atoms with van der Waals surface area (Å²) in [4.78, 5) is 18.9. The summed E-state index contributed by atoms with van der Waals surface area (Å²) >= 11 is 1.41. The lowest BCUT2D eigenvalue weighted by Gasteiger charge is -2.31. The van der Waals surface area contributed by atoms with E-state index in [1.54, 1.807) is 17.5 Å². The zero-order chi connectivity index (χ0) is 28.4. The molecule has 1 amide bonds. The van der Waals surface area contributed by atoms with Crippen LogP contribution < -0.4 is 4.74 Å². The number of carbonyl (C=O) groups is 1. The standard InChI is InChI=1S/C25H24F6N4O4S/c26-21(27)16-8-18(22(28)29)35(33-16)9-20(36)34-6-4-13(5-7-34)23-32-17(12-40-23)24-37-10-14-2-1-3-19(39-25(30)31)15(14)11-38-24/h1-3,8,12-13,21-22,24-25H,4-7,9-11H2. The van der Waals surface area contributed by atoms with E-state index in [0.717, 1.165) is 5.01 Å². The number of thiazole rings is 1. The van der Waals surface area contributed by atoms with E-state index >= 15 is 0 Å². The molecule has 0 N–H and O–H groups in total. The number of fused-ring (bicyclic) bond motifs is 1. The van der Waals surface area contributed by atoms with Gasteiger partial charge in [-0.15, -0.1) is 11.3 Å². The van der Waals surface area contributed by atoms with E-state index in [9.17, 15) is 31.1 Å². The maximum absolute atomic E-state index is 13.2. The molecular formula is C25H24F6N4O4S.